The van der Waals surface area contributed by atoms with Crippen LogP contribution >= 0.6 is 0 Å². The largest absolute Gasteiger partial charge is 0.490 e. The van der Waals surface area contributed by atoms with Gasteiger partial charge in [0.1, 0.15) is 17.7 Å². The topological polar surface area (TPSA) is 55.7 Å². The van der Waals surface area contributed by atoms with Gasteiger partial charge in [-0.05, 0) is 41.8 Å². The second-order valence-corrected chi connectivity index (χ2v) is 5.07. The smallest absolute Gasteiger partial charge is 0.150 e. The predicted octanol–water partition coefficient (Wildman–Crippen LogP) is 5.13. The molecule has 2 rings (SSSR count). The minimum absolute atomic E-state index is 0.128. The van der Waals surface area contributed by atoms with E-state index in [1.54, 1.807) is 30.3 Å². The molecule has 0 bridgehead atoms. The number of rotatable bonds is 7. The molecular weight excluding hydrogens is 278 g/mol. The Bertz CT molecular complexity index is 646. The summed E-state index contributed by atoms with van der Waals surface area (Å²) in [7, 11) is 0. The molecular formula is C18H19NO3. The van der Waals surface area contributed by atoms with Gasteiger partial charge in [0, 0.05) is 11.1 Å². The van der Waals surface area contributed by atoms with E-state index in [4.69, 9.17) is 4.74 Å². The number of nitrogens with zero attached hydrogens (tertiary/aromatic N) is 1. The van der Waals surface area contributed by atoms with E-state index in [1.807, 2.05) is 12.1 Å². The van der Waals surface area contributed by atoms with E-state index in [-0.39, 0.29) is 6.10 Å². The third-order valence-corrected chi connectivity index (χ3v) is 3.63. The van der Waals surface area contributed by atoms with Gasteiger partial charge in [-0.3, -0.25) is 4.79 Å². The van der Waals surface area contributed by atoms with Crippen LogP contribution in [0.1, 0.15) is 37.0 Å². The van der Waals surface area contributed by atoms with E-state index in [9.17, 15) is 9.70 Å². The lowest BCUT2D eigenvalue weighted by Gasteiger charge is -2.18. The van der Waals surface area contributed by atoms with Crippen molar-refractivity contribution in [3.63, 3.8) is 0 Å². The van der Waals surface area contributed by atoms with Gasteiger partial charge in [0.25, 0.3) is 0 Å². The zero-order valence-electron chi connectivity index (χ0n) is 12.8. The maximum atomic E-state index is 10.8. The number of hydrogen-bond donors (Lipinski definition) is 0. The lowest BCUT2D eigenvalue weighted by molar-refractivity contribution is 0.112. The Hall–Kier alpha value is -2.49. The third-order valence-electron chi connectivity index (χ3n) is 3.63. The fraction of sp³-hybridized carbons (Fsp3) is 0.278. The summed E-state index contributed by atoms with van der Waals surface area (Å²) in [5.41, 5.74) is 2.65. The van der Waals surface area contributed by atoms with Gasteiger partial charge in [-0.1, -0.05) is 38.1 Å². The van der Waals surface area contributed by atoms with Crippen LogP contribution in [0.15, 0.2) is 47.6 Å². The summed E-state index contributed by atoms with van der Waals surface area (Å²) in [6, 6.07) is 12.3. The number of carbonyl (C=O) groups is 1. The molecule has 2 aromatic rings. The van der Waals surface area contributed by atoms with Crippen LogP contribution in [0.5, 0.6) is 5.75 Å². The fourth-order valence-electron chi connectivity index (χ4n) is 2.28. The van der Waals surface area contributed by atoms with Crippen molar-refractivity contribution in [2.75, 3.05) is 0 Å². The Balaban J connectivity index is 2.45. The van der Waals surface area contributed by atoms with Gasteiger partial charge < -0.3 is 4.74 Å². The molecule has 0 unspecified atom stereocenters. The lowest BCUT2D eigenvalue weighted by atomic mass is 10.0. The number of benzene rings is 2. The molecule has 0 aliphatic carbocycles. The monoisotopic (exact) mass is 297 g/mol. The van der Waals surface area contributed by atoms with Crippen molar-refractivity contribution in [3.05, 3.63) is 52.9 Å². The van der Waals surface area contributed by atoms with Gasteiger partial charge >= 0.3 is 0 Å². The molecule has 0 heterocycles. The van der Waals surface area contributed by atoms with E-state index >= 15 is 0 Å². The molecule has 0 saturated heterocycles. The van der Waals surface area contributed by atoms with Gasteiger partial charge in [0.2, 0.25) is 0 Å². The highest BCUT2D eigenvalue weighted by Crippen LogP contribution is 2.34. The Morgan fingerprint density at radius 1 is 1.09 bits per heavy atom. The summed E-state index contributed by atoms with van der Waals surface area (Å²) in [5.74, 6) is 0.722. The molecule has 0 aromatic heterocycles. The first-order valence-electron chi connectivity index (χ1n) is 7.41. The second-order valence-electron chi connectivity index (χ2n) is 5.07. The molecule has 4 heteroatoms. The Morgan fingerprint density at radius 3 is 2.32 bits per heavy atom. The number of carbonyl (C=O) groups excluding carboxylic acids is 1. The summed E-state index contributed by atoms with van der Waals surface area (Å²) in [6.07, 6.45) is 2.75. The Morgan fingerprint density at radius 2 is 1.77 bits per heavy atom. The van der Waals surface area contributed by atoms with Crippen molar-refractivity contribution in [2.45, 2.75) is 32.8 Å². The van der Waals surface area contributed by atoms with Crippen LogP contribution in [0.2, 0.25) is 0 Å². The molecule has 0 saturated carbocycles. The maximum absolute atomic E-state index is 10.8. The van der Waals surface area contributed by atoms with Crippen molar-refractivity contribution >= 4 is 12.0 Å². The van der Waals surface area contributed by atoms with Crippen LogP contribution in [0.4, 0.5) is 5.69 Å². The molecule has 0 radical (unpaired) electrons. The zero-order valence-corrected chi connectivity index (χ0v) is 12.8. The third kappa shape index (κ3) is 3.58. The lowest BCUT2D eigenvalue weighted by Crippen LogP contribution is -2.14. The number of aldehydes is 1. The summed E-state index contributed by atoms with van der Waals surface area (Å²) in [6.45, 7) is 4.15. The Labute approximate surface area is 130 Å². The quantitative estimate of drug-likeness (QED) is 0.525. The average molecular weight is 297 g/mol. The van der Waals surface area contributed by atoms with Gasteiger partial charge in [0.15, 0.2) is 0 Å². The molecule has 0 fully saturated rings. The molecule has 2 aromatic carbocycles. The number of ether oxygens (including phenoxy) is 1. The van der Waals surface area contributed by atoms with Crippen LogP contribution in [0.3, 0.4) is 0 Å². The maximum Gasteiger partial charge on any atom is 0.150 e. The van der Waals surface area contributed by atoms with Gasteiger partial charge in [-0.2, -0.15) is 0 Å². The zero-order chi connectivity index (χ0) is 15.9. The summed E-state index contributed by atoms with van der Waals surface area (Å²) < 4.78 is 6.04. The average Bonchev–Trinajstić information content (AvgIpc) is 2.59. The van der Waals surface area contributed by atoms with Crippen molar-refractivity contribution < 1.29 is 9.53 Å². The highest BCUT2D eigenvalue weighted by Gasteiger charge is 2.12. The summed E-state index contributed by atoms with van der Waals surface area (Å²) in [5, 5.41) is 2.99. The van der Waals surface area contributed by atoms with E-state index in [2.05, 4.69) is 19.0 Å². The van der Waals surface area contributed by atoms with Crippen molar-refractivity contribution in [3.8, 4) is 16.9 Å². The molecule has 0 spiro atoms. The van der Waals surface area contributed by atoms with Gasteiger partial charge in [0.05, 0.1) is 6.10 Å². The van der Waals surface area contributed by atoms with Crippen LogP contribution in [-0.4, -0.2) is 12.4 Å². The Kier molecular flexibility index (Phi) is 5.42. The molecule has 4 nitrogen and oxygen atoms in total. The normalized spacial score (nSPS) is 10.5. The fourth-order valence-corrected chi connectivity index (χ4v) is 2.28. The minimum Gasteiger partial charge on any atom is -0.490 e. The van der Waals surface area contributed by atoms with Crippen molar-refractivity contribution in [2.24, 2.45) is 5.18 Å². The number of nitroso groups, excluding NO2 is 1. The van der Waals surface area contributed by atoms with E-state index in [0.29, 0.717) is 11.3 Å². The minimum atomic E-state index is 0.128. The van der Waals surface area contributed by atoms with Gasteiger partial charge in [-0.15, -0.1) is 4.91 Å². The molecule has 114 valence electrons. The van der Waals surface area contributed by atoms with Crippen LogP contribution in [0.25, 0.3) is 11.1 Å². The molecule has 0 N–H and O–H groups in total. The predicted molar refractivity (Wildman–Crippen MR) is 87.7 cm³/mol. The highest BCUT2D eigenvalue weighted by atomic mass is 16.5. The van der Waals surface area contributed by atoms with E-state index in [1.165, 1.54) is 0 Å². The second kappa shape index (κ2) is 7.50. The number of hydrogen-bond acceptors (Lipinski definition) is 4. The summed E-state index contributed by atoms with van der Waals surface area (Å²) >= 11 is 0. The summed E-state index contributed by atoms with van der Waals surface area (Å²) in [4.78, 5) is 21.6. The molecule has 0 amide bonds. The van der Waals surface area contributed by atoms with E-state index in [0.717, 1.165) is 36.0 Å². The van der Waals surface area contributed by atoms with E-state index < -0.39 is 0 Å². The SMILES string of the molecule is CCC(CC)Oc1ccc(N=O)cc1-c1ccc(C=O)cc1. The first-order chi connectivity index (χ1) is 10.7. The van der Waals surface area contributed by atoms with Gasteiger partial charge in [-0.25, -0.2) is 0 Å². The van der Waals surface area contributed by atoms with Crippen LogP contribution in [0, 0.1) is 4.91 Å². The first-order valence-corrected chi connectivity index (χ1v) is 7.41. The molecule has 0 aliphatic rings. The van der Waals surface area contributed by atoms with Crippen LogP contribution in [-0.2, 0) is 0 Å². The first kappa shape index (κ1) is 15.9. The van der Waals surface area contributed by atoms with Crippen molar-refractivity contribution in [1.82, 2.24) is 0 Å². The van der Waals surface area contributed by atoms with Crippen LogP contribution < -0.4 is 4.74 Å². The molecule has 0 atom stereocenters. The molecule has 22 heavy (non-hydrogen) atoms. The standard InChI is InChI=1S/C18H19NO3/c1-3-16(4-2)22-18-10-9-15(19-21)11-17(18)14-7-5-13(12-20)6-8-14/h5-12,16H,3-4H2,1-2H3. The molecule has 0 aliphatic heterocycles. The van der Waals surface area contributed by atoms with Crippen molar-refractivity contribution in [1.29, 1.82) is 0 Å². The highest BCUT2D eigenvalue weighted by molar-refractivity contribution is 5.79.